The molecule has 0 atom stereocenters. The van der Waals surface area contributed by atoms with E-state index >= 15 is 0 Å². The highest BCUT2D eigenvalue weighted by Crippen LogP contribution is 2.26. The summed E-state index contributed by atoms with van der Waals surface area (Å²) >= 11 is 0.625. The van der Waals surface area contributed by atoms with E-state index in [-0.39, 0.29) is 28.6 Å². The molecule has 0 fully saturated rings. The number of hydrogen-bond donors (Lipinski definition) is 3. The van der Waals surface area contributed by atoms with Crippen molar-refractivity contribution in [2.45, 2.75) is 6.92 Å². The van der Waals surface area contributed by atoms with Crippen LogP contribution in [-0.2, 0) is 14.3 Å². The van der Waals surface area contributed by atoms with Crippen molar-refractivity contribution in [3.05, 3.63) is 40.7 Å². The lowest BCUT2D eigenvalue weighted by Crippen LogP contribution is -2.42. The van der Waals surface area contributed by atoms with Gasteiger partial charge in [-0.25, -0.2) is 4.39 Å². The standard InChI is InChI=1S/C17H18FN5O5S/c1-2-28-12(25)7-21-11(24)8-23(10-5-3-4-9(18)6-10)17(27)15-13(19)14(16(20)26)22-29-15/h3-6H,2,7-8,19H2,1H3,(H2,20,26)(H,21,24). The first kappa shape index (κ1) is 21.8. The van der Waals surface area contributed by atoms with Gasteiger partial charge in [-0.05, 0) is 36.7 Å². The van der Waals surface area contributed by atoms with Crippen LogP contribution < -0.4 is 21.7 Å². The van der Waals surface area contributed by atoms with Crippen molar-refractivity contribution < 1.29 is 28.3 Å². The molecule has 2 aromatic rings. The Morgan fingerprint density at radius 2 is 2.03 bits per heavy atom. The predicted octanol–water partition coefficient (Wildman–Crippen LogP) is 0.289. The van der Waals surface area contributed by atoms with Crippen LogP contribution in [-0.4, -0.2) is 47.8 Å². The summed E-state index contributed by atoms with van der Waals surface area (Å²) in [6, 6.07) is 4.97. The zero-order valence-electron chi connectivity index (χ0n) is 15.3. The summed E-state index contributed by atoms with van der Waals surface area (Å²) in [5, 5.41) is 2.31. The molecule has 1 aromatic carbocycles. The summed E-state index contributed by atoms with van der Waals surface area (Å²) in [5.74, 6) is -3.69. The number of carbonyl (C=O) groups is 4. The SMILES string of the molecule is CCOC(=O)CNC(=O)CN(C(=O)c1snc(C(N)=O)c1N)c1cccc(F)c1. The summed E-state index contributed by atoms with van der Waals surface area (Å²) in [7, 11) is 0. The Balaban J connectivity index is 2.28. The van der Waals surface area contributed by atoms with Gasteiger partial charge >= 0.3 is 5.97 Å². The van der Waals surface area contributed by atoms with Crippen LogP contribution in [0.1, 0.15) is 27.1 Å². The second-order valence-electron chi connectivity index (χ2n) is 5.59. The number of nitrogen functional groups attached to an aromatic ring is 1. The molecule has 0 radical (unpaired) electrons. The molecule has 154 valence electrons. The van der Waals surface area contributed by atoms with Gasteiger partial charge in [0.2, 0.25) is 5.91 Å². The van der Waals surface area contributed by atoms with Gasteiger partial charge in [-0.15, -0.1) is 0 Å². The van der Waals surface area contributed by atoms with E-state index in [0.717, 1.165) is 11.0 Å². The minimum Gasteiger partial charge on any atom is -0.465 e. The number of hydrogen-bond acceptors (Lipinski definition) is 8. The summed E-state index contributed by atoms with van der Waals surface area (Å²) in [5.41, 5.74) is 10.5. The molecule has 0 saturated heterocycles. The van der Waals surface area contributed by atoms with E-state index in [1.165, 1.54) is 18.2 Å². The molecular weight excluding hydrogens is 405 g/mol. The van der Waals surface area contributed by atoms with Gasteiger partial charge in [-0.3, -0.25) is 24.1 Å². The van der Waals surface area contributed by atoms with Gasteiger partial charge in [0.05, 0.1) is 12.3 Å². The molecule has 0 spiro atoms. The lowest BCUT2D eigenvalue weighted by molar-refractivity contribution is -0.143. The van der Waals surface area contributed by atoms with Crippen LogP contribution in [0.25, 0.3) is 0 Å². The third-order valence-electron chi connectivity index (χ3n) is 3.56. The van der Waals surface area contributed by atoms with Gasteiger partial charge in [-0.1, -0.05) is 6.07 Å². The van der Waals surface area contributed by atoms with Gasteiger partial charge in [0.15, 0.2) is 5.69 Å². The maximum absolute atomic E-state index is 13.7. The molecule has 1 aromatic heterocycles. The number of esters is 1. The fraction of sp³-hybridized carbons (Fsp3) is 0.235. The summed E-state index contributed by atoms with van der Waals surface area (Å²) in [4.78, 5) is 48.7. The number of halogens is 1. The number of benzene rings is 1. The van der Waals surface area contributed by atoms with Gasteiger partial charge in [-0.2, -0.15) is 4.37 Å². The average Bonchev–Trinajstić information content (AvgIpc) is 3.06. The molecule has 0 aliphatic heterocycles. The van der Waals surface area contributed by atoms with Crippen LogP contribution in [0.5, 0.6) is 0 Å². The Kier molecular flexibility index (Phi) is 7.20. The van der Waals surface area contributed by atoms with E-state index in [4.69, 9.17) is 16.2 Å². The molecule has 0 bridgehead atoms. The number of nitrogens with zero attached hydrogens (tertiary/aromatic N) is 2. The molecule has 29 heavy (non-hydrogen) atoms. The van der Waals surface area contributed by atoms with Crippen LogP contribution in [0.4, 0.5) is 15.8 Å². The Morgan fingerprint density at radius 3 is 2.62 bits per heavy atom. The third kappa shape index (κ3) is 5.48. The van der Waals surface area contributed by atoms with E-state index in [1.807, 2.05) is 0 Å². The molecule has 3 amide bonds. The minimum atomic E-state index is -0.915. The van der Waals surface area contributed by atoms with Crippen molar-refractivity contribution in [3.63, 3.8) is 0 Å². The van der Waals surface area contributed by atoms with Crippen molar-refractivity contribution >= 4 is 46.6 Å². The molecule has 2 rings (SSSR count). The monoisotopic (exact) mass is 423 g/mol. The predicted molar refractivity (Wildman–Crippen MR) is 103 cm³/mol. The largest absolute Gasteiger partial charge is 0.465 e. The number of aromatic nitrogens is 1. The van der Waals surface area contributed by atoms with Crippen LogP contribution in [0.3, 0.4) is 0 Å². The maximum Gasteiger partial charge on any atom is 0.325 e. The third-order valence-corrected chi connectivity index (χ3v) is 4.41. The fourth-order valence-electron chi connectivity index (χ4n) is 2.26. The number of primary amides is 1. The van der Waals surface area contributed by atoms with E-state index in [1.54, 1.807) is 6.92 Å². The van der Waals surface area contributed by atoms with E-state index in [9.17, 15) is 23.6 Å². The lowest BCUT2D eigenvalue weighted by Gasteiger charge is -2.22. The van der Waals surface area contributed by atoms with Crippen molar-refractivity contribution in [1.82, 2.24) is 9.69 Å². The van der Waals surface area contributed by atoms with E-state index in [2.05, 4.69) is 9.69 Å². The molecule has 5 N–H and O–H groups in total. The molecule has 10 nitrogen and oxygen atoms in total. The Bertz CT molecular complexity index is 948. The van der Waals surface area contributed by atoms with Gasteiger partial charge in [0.25, 0.3) is 11.8 Å². The van der Waals surface area contributed by atoms with E-state index in [0.29, 0.717) is 11.5 Å². The summed E-state index contributed by atoms with van der Waals surface area (Å²) in [6.07, 6.45) is 0. The normalized spacial score (nSPS) is 10.3. The quantitative estimate of drug-likeness (QED) is 0.515. The number of carbonyl (C=O) groups excluding carboxylic acids is 4. The number of rotatable bonds is 8. The molecular formula is C17H18FN5O5S. The second-order valence-corrected chi connectivity index (χ2v) is 6.36. The molecule has 0 unspecified atom stereocenters. The van der Waals surface area contributed by atoms with Crippen molar-refractivity contribution in [2.75, 3.05) is 30.3 Å². The topological polar surface area (TPSA) is 158 Å². The van der Waals surface area contributed by atoms with Gasteiger partial charge in [0, 0.05) is 5.69 Å². The first-order valence-corrected chi connectivity index (χ1v) is 9.06. The molecule has 0 saturated carbocycles. The van der Waals surface area contributed by atoms with Gasteiger partial charge < -0.3 is 21.5 Å². The zero-order chi connectivity index (χ0) is 21.6. The molecule has 0 aliphatic carbocycles. The first-order chi connectivity index (χ1) is 13.7. The van der Waals surface area contributed by atoms with Crippen LogP contribution in [0.15, 0.2) is 24.3 Å². The van der Waals surface area contributed by atoms with Crippen molar-refractivity contribution in [1.29, 1.82) is 0 Å². The van der Waals surface area contributed by atoms with E-state index < -0.39 is 42.6 Å². The first-order valence-electron chi connectivity index (χ1n) is 8.29. The smallest absolute Gasteiger partial charge is 0.325 e. The highest BCUT2D eigenvalue weighted by molar-refractivity contribution is 7.09. The van der Waals surface area contributed by atoms with Crippen LogP contribution in [0, 0.1) is 5.82 Å². The number of ether oxygens (including phenoxy) is 1. The van der Waals surface area contributed by atoms with Crippen molar-refractivity contribution in [2.24, 2.45) is 5.73 Å². The Hall–Kier alpha value is -3.54. The fourth-order valence-corrected chi connectivity index (χ4v) is 3.01. The molecule has 0 aliphatic rings. The van der Waals surface area contributed by atoms with Crippen LogP contribution >= 0.6 is 11.5 Å². The highest BCUT2D eigenvalue weighted by atomic mass is 32.1. The summed E-state index contributed by atoms with van der Waals surface area (Å²) in [6.45, 7) is 0.816. The van der Waals surface area contributed by atoms with Crippen molar-refractivity contribution in [3.8, 4) is 0 Å². The number of amides is 3. The second kappa shape index (κ2) is 9.59. The number of nitrogens with two attached hydrogens (primary N) is 2. The molecule has 1 heterocycles. The zero-order valence-corrected chi connectivity index (χ0v) is 16.1. The highest BCUT2D eigenvalue weighted by Gasteiger charge is 2.27. The summed E-state index contributed by atoms with van der Waals surface area (Å²) < 4.78 is 22.1. The Morgan fingerprint density at radius 1 is 1.31 bits per heavy atom. The average molecular weight is 423 g/mol. The number of anilines is 2. The van der Waals surface area contributed by atoms with Gasteiger partial charge in [0.1, 0.15) is 23.8 Å². The lowest BCUT2D eigenvalue weighted by atomic mass is 10.2. The minimum absolute atomic E-state index is 0.0645. The Labute approximate surface area is 168 Å². The van der Waals surface area contributed by atoms with Crippen LogP contribution in [0.2, 0.25) is 0 Å². The maximum atomic E-state index is 13.7. The number of nitrogens with one attached hydrogen (secondary N) is 1. The molecule has 12 heteroatoms.